The van der Waals surface area contributed by atoms with Crippen LogP contribution in [-0.4, -0.2) is 48.6 Å². The van der Waals surface area contributed by atoms with E-state index in [2.05, 4.69) is 19.8 Å². The van der Waals surface area contributed by atoms with Crippen LogP contribution in [0.25, 0.3) is 10.9 Å². The van der Waals surface area contributed by atoms with Gasteiger partial charge in [0.1, 0.15) is 11.6 Å². The molecular weight excluding hydrogens is 360 g/mol. The molecule has 1 saturated heterocycles. The number of nitrogens with one attached hydrogen (secondary N) is 1. The topological polar surface area (TPSA) is 60.6 Å². The standard InChI is InChI=1S/C21H23F2N5/c22-16-1-4-18(5-2-16)27-9-11-28(12-10-27)21(24)25-8-7-15-14-26-20-6-3-17(23)13-19(15)20/h1-6,13-14,26H,7-12H2,(H2,24,25). The van der Waals surface area contributed by atoms with Crippen LogP contribution in [0.1, 0.15) is 5.56 Å². The van der Waals surface area contributed by atoms with Gasteiger partial charge in [0.2, 0.25) is 0 Å². The summed E-state index contributed by atoms with van der Waals surface area (Å²) in [6.07, 6.45) is 2.59. The van der Waals surface area contributed by atoms with Crippen molar-refractivity contribution in [3.05, 3.63) is 65.9 Å². The fraction of sp³-hybridized carbons (Fsp3) is 0.286. The third-order valence-electron chi connectivity index (χ3n) is 5.18. The number of aliphatic imine (C=N–C) groups is 1. The quantitative estimate of drug-likeness (QED) is 0.538. The second-order valence-electron chi connectivity index (χ2n) is 6.94. The maximum Gasteiger partial charge on any atom is 0.191 e. The number of piperazine rings is 1. The lowest BCUT2D eigenvalue weighted by Crippen LogP contribution is -2.51. The minimum Gasteiger partial charge on any atom is -0.370 e. The molecule has 0 spiro atoms. The van der Waals surface area contributed by atoms with Crippen LogP contribution in [0.2, 0.25) is 0 Å². The molecular formula is C21H23F2N5. The van der Waals surface area contributed by atoms with Crippen molar-refractivity contribution in [3.8, 4) is 0 Å². The Labute approximate surface area is 162 Å². The number of halogens is 2. The molecule has 1 aromatic heterocycles. The van der Waals surface area contributed by atoms with Gasteiger partial charge >= 0.3 is 0 Å². The molecule has 0 radical (unpaired) electrons. The molecule has 0 amide bonds. The van der Waals surface area contributed by atoms with Crippen LogP contribution in [0, 0.1) is 11.6 Å². The molecule has 0 aliphatic carbocycles. The van der Waals surface area contributed by atoms with Gasteiger partial charge in [-0.15, -0.1) is 0 Å². The van der Waals surface area contributed by atoms with Gasteiger partial charge in [-0.1, -0.05) is 0 Å². The highest BCUT2D eigenvalue weighted by Crippen LogP contribution is 2.20. The van der Waals surface area contributed by atoms with Crippen LogP contribution >= 0.6 is 0 Å². The van der Waals surface area contributed by atoms with E-state index >= 15 is 0 Å². The smallest absolute Gasteiger partial charge is 0.191 e. The van der Waals surface area contributed by atoms with Crippen LogP contribution in [-0.2, 0) is 6.42 Å². The summed E-state index contributed by atoms with van der Waals surface area (Å²) >= 11 is 0. The van der Waals surface area contributed by atoms with E-state index in [1.54, 1.807) is 24.3 Å². The number of H-pyrrole nitrogens is 1. The highest BCUT2D eigenvalue weighted by atomic mass is 19.1. The second-order valence-corrected chi connectivity index (χ2v) is 6.94. The van der Waals surface area contributed by atoms with E-state index in [1.807, 2.05) is 6.20 Å². The summed E-state index contributed by atoms with van der Waals surface area (Å²) in [5.41, 5.74) is 9.14. The number of nitrogens with zero attached hydrogens (tertiary/aromatic N) is 3. The second kappa shape index (κ2) is 7.88. The maximum atomic E-state index is 13.5. The van der Waals surface area contributed by atoms with E-state index in [4.69, 9.17) is 5.73 Å². The molecule has 0 saturated carbocycles. The number of benzene rings is 2. The normalized spacial score (nSPS) is 15.4. The first kappa shape index (κ1) is 18.3. The molecule has 0 atom stereocenters. The lowest BCUT2D eigenvalue weighted by atomic mass is 10.1. The summed E-state index contributed by atoms with van der Waals surface area (Å²) in [5, 5.41) is 0.890. The Morgan fingerprint density at radius 1 is 1.00 bits per heavy atom. The predicted molar refractivity (Wildman–Crippen MR) is 109 cm³/mol. The fourth-order valence-corrected chi connectivity index (χ4v) is 3.59. The fourth-order valence-electron chi connectivity index (χ4n) is 3.59. The van der Waals surface area contributed by atoms with Crippen molar-refractivity contribution in [1.29, 1.82) is 0 Å². The molecule has 4 rings (SSSR count). The van der Waals surface area contributed by atoms with Crippen LogP contribution in [0.3, 0.4) is 0 Å². The predicted octanol–water partition coefficient (Wildman–Crippen LogP) is 3.13. The Balaban J connectivity index is 1.32. The van der Waals surface area contributed by atoms with Crippen molar-refractivity contribution in [2.75, 3.05) is 37.6 Å². The molecule has 0 bridgehead atoms. The average Bonchev–Trinajstić information content (AvgIpc) is 3.11. The minimum atomic E-state index is -0.240. The zero-order valence-electron chi connectivity index (χ0n) is 15.5. The van der Waals surface area contributed by atoms with Crippen LogP contribution < -0.4 is 10.6 Å². The van der Waals surface area contributed by atoms with Crippen molar-refractivity contribution in [2.24, 2.45) is 10.7 Å². The number of hydrogen-bond donors (Lipinski definition) is 2. The number of aromatic amines is 1. The van der Waals surface area contributed by atoms with E-state index in [0.29, 0.717) is 18.9 Å². The zero-order chi connectivity index (χ0) is 19.5. The van der Waals surface area contributed by atoms with Crippen molar-refractivity contribution < 1.29 is 8.78 Å². The summed E-state index contributed by atoms with van der Waals surface area (Å²) in [6, 6.07) is 11.3. The van der Waals surface area contributed by atoms with Gasteiger partial charge in [-0.2, -0.15) is 0 Å². The Bertz CT molecular complexity index is 972. The first-order valence-corrected chi connectivity index (χ1v) is 9.41. The van der Waals surface area contributed by atoms with E-state index in [-0.39, 0.29) is 11.6 Å². The Morgan fingerprint density at radius 2 is 1.71 bits per heavy atom. The molecule has 1 fully saturated rings. The lowest BCUT2D eigenvalue weighted by Gasteiger charge is -2.36. The molecule has 2 aromatic carbocycles. The third-order valence-corrected chi connectivity index (χ3v) is 5.18. The van der Waals surface area contributed by atoms with Gasteiger partial charge in [0.15, 0.2) is 5.96 Å². The van der Waals surface area contributed by atoms with Crippen molar-refractivity contribution in [1.82, 2.24) is 9.88 Å². The minimum absolute atomic E-state index is 0.225. The largest absolute Gasteiger partial charge is 0.370 e. The van der Waals surface area contributed by atoms with Crippen molar-refractivity contribution >= 4 is 22.5 Å². The van der Waals surface area contributed by atoms with Gasteiger partial charge < -0.3 is 20.5 Å². The van der Waals surface area contributed by atoms with E-state index in [9.17, 15) is 8.78 Å². The van der Waals surface area contributed by atoms with Gasteiger partial charge in [-0.25, -0.2) is 8.78 Å². The van der Waals surface area contributed by atoms with Crippen LogP contribution in [0.15, 0.2) is 53.7 Å². The summed E-state index contributed by atoms with van der Waals surface area (Å²) in [5.74, 6) is 0.0665. The number of hydrogen-bond acceptors (Lipinski definition) is 2. The number of nitrogens with two attached hydrogens (primary N) is 1. The molecule has 5 nitrogen and oxygen atoms in total. The molecule has 3 N–H and O–H groups in total. The first-order chi connectivity index (χ1) is 13.6. The Morgan fingerprint density at radius 3 is 2.46 bits per heavy atom. The lowest BCUT2D eigenvalue weighted by molar-refractivity contribution is 0.381. The molecule has 1 aliphatic heterocycles. The average molecular weight is 383 g/mol. The monoisotopic (exact) mass is 383 g/mol. The van der Waals surface area contributed by atoms with Crippen LogP contribution in [0.4, 0.5) is 14.5 Å². The van der Waals surface area contributed by atoms with Crippen LogP contribution in [0.5, 0.6) is 0 Å². The van der Waals surface area contributed by atoms with E-state index in [0.717, 1.165) is 48.3 Å². The summed E-state index contributed by atoms with van der Waals surface area (Å²) in [6.45, 7) is 3.71. The number of aromatic nitrogens is 1. The number of anilines is 1. The molecule has 0 unspecified atom stereocenters. The summed E-state index contributed by atoms with van der Waals surface area (Å²) in [7, 11) is 0. The van der Waals surface area contributed by atoms with Gasteiger partial charge in [0.05, 0.1) is 0 Å². The zero-order valence-corrected chi connectivity index (χ0v) is 15.5. The number of guanidine groups is 1. The Hall–Kier alpha value is -3.09. The van der Waals surface area contributed by atoms with Gasteiger partial charge in [-0.3, -0.25) is 4.99 Å². The highest BCUT2D eigenvalue weighted by molar-refractivity contribution is 5.83. The SMILES string of the molecule is NC(=NCCc1c[nH]c2ccc(F)cc12)N1CCN(c2ccc(F)cc2)CC1. The number of fused-ring (bicyclic) bond motifs is 1. The van der Waals surface area contributed by atoms with Gasteiger partial charge in [0, 0.05) is 55.5 Å². The molecule has 7 heteroatoms. The molecule has 2 heterocycles. The van der Waals surface area contributed by atoms with Crippen molar-refractivity contribution in [3.63, 3.8) is 0 Å². The molecule has 1 aliphatic rings. The molecule has 3 aromatic rings. The number of rotatable bonds is 4. The highest BCUT2D eigenvalue weighted by Gasteiger charge is 2.18. The van der Waals surface area contributed by atoms with E-state index in [1.165, 1.54) is 18.2 Å². The summed E-state index contributed by atoms with van der Waals surface area (Å²) in [4.78, 5) is 11.9. The van der Waals surface area contributed by atoms with E-state index < -0.39 is 0 Å². The summed E-state index contributed by atoms with van der Waals surface area (Å²) < 4.78 is 26.5. The first-order valence-electron chi connectivity index (χ1n) is 9.41. The molecule has 28 heavy (non-hydrogen) atoms. The third kappa shape index (κ3) is 3.93. The molecule has 146 valence electrons. The maximum absolute atomic E-state index is 13.5. The van der Waals surface area contributed by atoms with Gasteiger partial charge in [0.25, 0.3) is 0 Å². The van der Waals surface area contributed by atoms with Crippen molar-refractivity contribution in [2.45, 2.75) is 6.42 Å². The van der Waals surface area contributed by atoms with Gasteiger partial charge in [-0.05, 0) is 54.4 Å². The Kier molecular flexibility index (Phi) is 5.14.